The highest BCUT2D eigenvalue weighted by Crippen LogP contribution is 2.16. The van der Waals surface area contributed by atoms with E-state index in [-0.39, 0.29) is 6.61 Å². The van der Waals surface area contributed by atoms with Gasteiger partial charge in [0.15, 0.2) is 0 Å². The number of hydrogen-bond donors (Lipinski definition) is 1. The number of rotatable bonds is 3. The van der Waals surface area contributed by atoms with Crippen molar-refractivity contribution in [3.05, 3.63) is 52.0 Å². The molecule has 0 saturated carbocycles. The van der Waals surface area contributed by atoms with Gasteiger partial charge in [0.05, 0.1) is 16.5 Å². The van der Waals surface area contributed by atoms with Crippen molar-refractivity contribution < 1.29 is 5.11 Å². The fourth-order valence-corrected chi connectivity index (χ4v) is 2.09. The summed E-state index contributed by atoms with van der Waals surface area (Å²) in [5.41, 5.74) is 1.26. The summed E-state index contributed by atoms with van der Waals surface area (Å²) in [4.78, 5) is 5.17. The van der Waals surface area contributed by atoms with Gasteiger partial charge < -0.3 is 5.11 Å². The molecule has 3 heteroatoms. The summed E-state index contributed by atoms with van der Waals surface area (Å²) in [5, 5.41) is 9.94. The van der Waals surface area contributed by atoms with Crippen molar-refractivity contribution in [3.8, 4) is 0 Å². The third-order valence-electron chi connectivity index (χ3n) is 1.96. The average molecular weight is 205 g/mol. The highest BCUT2D eigenvalue weighted by atomic mass is 32.1. The van der Waals surface area contributed by atoms with Crippen molar-refractivity contribution in [2.24, 2.45) is 0 Å². The number of aliphatic hydroxyl groups excluding tert-OH is 1. The molecule has 2 rings (SSSR count). The van der Waals surface area contributed by atoms with E-state index in [9.17, 15) is 0 Å². The molecule has 72 valence electrons. The normalized spacial score (nSPS) is 10.4. The predicted molar refractivity (Wildman–Crippen MR) is 57.3 cm³/mol. The standard InChI is InChI=1S/C11H11NOS/c13-8-10-7-12-11(14-10)6-9-4-2-1-3-5-9/h1-5,7,13H,6,8H2. The lowest BCUT2D eigenvalue weighted by atomic mass is 10.2. The Hall–Kier alpha value is -1.19. The van der Waals surface area contributed by atoms with Crippen LogP contribution in [0.2, 0.25) is 0 Å². The molecule has 1 N–H and O–H groups in total. The zero-order valence-electron chi connectivity index (χ0n) is 7.68. The molecule has 2 nitrogen and oxygen atoms in total. The minimum absolute atomic E-state index is 0.0897. The molecule has 0 unspecified atom stereocenters. The summed E-state index contributed by atoms with van der Waals surface area (Å²) in [5.74, 6) is 0. The van der Waals surface area contributed by atoms with Gasteiger partial charge >= 0.3 is 0 Å². The number of nitrogens with zero attached hydrogens (tertiary/aromatic N) is 1. The van der Waals surface area contributed by atoms with Crippen molar-refractivity contribution in [1.82, 2.24) is 4.98 Å². The molecule has 0 radical (unpaired) electrons. The highest BCUT2D eigenvalue weighted by Gasteiger charge is 2.01. The van der Waals surface area contributed by atoms with E-state index < -0.39 is 0 Å². The van der Waals surface area contributed by atoms with Gasteiger partial charge in [0.2, 0.25) is 0 Å². The van der Waals surface area contributed by atoms with E-state index in [1.165, 1.54) is 5.56 Å². The zero-order chi connectivity index (χ0) is 9.80. The maximum absolute atomic E-state index is 8.89. The molecule has 0 amide bonds. The van der Waals surface area contributed by atoms with Gasteiger partial charge in [-0.1, -0.05) is 30.3 Å². The van der Waals surface area contributed by atoms with E-state index in [0.717, 1.165) is 16.3 Å². The minimum atomic E-state index is 0.0897. The molecule has 0 fully saturated rings. The first-order chi connectivity index (χ1) is 6.88. The first kappa shape index (κ1) is 9.37. The van der Waals surface area contributed by atoms with Crippen molar-refractivity contribution >= 4 is 11.3 Å². The Morgan fingerprint density at radius 1 is 1.21 bits per heavy atom. The number of thiazole rings is 1. The van der Waals surface area contributed by atoms with E-state index >= 15 is 0 Å². The summed E-state index contributed by atoms with van der Waals surface area (Å²) in [6.45, 7) is 0.0897. The Balaban J connectivity index is 2.11. The third-order valence-corrected chi connectivity index (χ3v) is 2.94. The van der Waals surface area contributed by atoms with Crippen LogP contribution in [-0.4, -0.2) is 10.1 Å². The molecule has 0 bridgehead atoms. The van der Waals surface area contributed by atoms with Crippen LogP contribution in [-0.2, 0) is 13.0 Å². The van der Waals surface area contributed by atoms with Gasteiger partial charge in [-0.25, -0.2) is 4.98 Å². The molecule has 0 atom stereocenters. The molecule has 1 aromatic heterocycles. The Morgan fingerprint density at radius 3 is 2.64 bits per heavy atom. The predicted octanol–water partition coefficient (Wildman–Crippen LogP) is 2.23. The molecule has 2 aromatic rings. The molecule has 1 aromatic carbocycles. The Morgan fingerprint density at radius 2 is 2.00 bits per heavy atom. The maximum Gasteiger partial charge on any atom is 0.0972 e. The van der Waals surface area contributed by atoms with Crippen molar-refractivity contribution in [3.63, 3.8) is 0 Å². The Labute approximate surface area is 86.9 Å². The topological polar surface area (TPSA) is 33.1 Å². The first-order valence-electron chi connectivity index (χ1n) is 4.47. The number of aromatic nitrogens is 1. The number of hydrogen-bond acceptors (Lipinski definition) is 3. The molecule has 0 aliphatic heterocycles. The average Bonchev–Trinajstić information content (AvgIpc) is 2.67. The Kier molecular flexibility index (Phi) is 2.91. The van der Waals surface area contributed by atoms with E-state index in [2.05, 4.69) is 17.1 Å². The van der Waals surface area contributed by atoms with Crippen LogP contribution in [0, 0.1) is 0 Å². The van der Waals surface area contributed by atoms with Gasteiger partial charge in [0.25, 0.3) is 0 Å². The molecule has 14 heavy (non-hydrogen) atoms. The first-order valence-corrected chi connectivity index (χ1v) is 5.28. The quantitative estimate of drug-likeness (QED) is 0.833. The molecule has 1 heterocycles. The minimum Gasteiger partial charge on any atom is -0.391 e. The molecule has 0 spiro atoms. The third kappa shape index (κ3) is 2.19. The van der Waals surface area contributed by atoms with Crippen LogP contribution >= 0.6 is 11.3 Å². The van der Waals surface area contributed by atoms with Crippen molar-refractivity contribution in [2.75, 3.05) is 0 Å². The molecular formula is C11H11NOS. The SMILES string of the molecule is OCc1cnc(Cc2ccccc2)s1. The summed E-state index contributed by atoms with van der Waals surface area (Å²) < 4.78 is 0. The van der Waals surface area contributed by atoms with Crippen LogP contribution in [0.1, 0.15) is 15.4 Å². The van der Waals surface area contributed by atoms with Crippen LogP contribution in [0.3, 0.4) is 0 Å². The van der Waals surface area contributed by atoms with Gasteiger partial charge in [-0.3, -0.25) is 0 Å². The van der Waals surface area contributed by atoms with E-state index in [0.29, 0.717) is 0 Å². The van der Waals surface area contributed by atoms with Gasteiger partial charge in [-0.15, -0.1) is 11.3 Å². The van der Waals surface area contributed by atoms with Gasteiger partial charge in [0.1, 0.15) is 0 Å². The Bertz CT molecular complexity index is 397. The maximum atomic E-state index is 8.89. The van der Waals surface area contributed by atoms with E-state index in [4.69, 9.17) is 5.11 Å². The lowest BCUT2D eigenvalue weighted by Crippen LogP contribution is -1.84. The van der Waals surface area contributed by atoms with Crippen LogP contribution in [0.15, 0.2) is 36.5 Å². The lowest BCUT2D eigenvalue weighted by Gasteiger charge is -1.95. The second-order valence-corrected chi connectivity index (χ2v) is 4.24. The summed E-state index contributed by atoms with van der Waals surface area (Å²) in [7, 11) is 0. The highest BCUT2D eigenvalue weighted by molar-refractivity contribution is 7.11. The fourth-order valence-electron chi connectivity index (χ4n) is 1.27. The smallest absolute Gasteiger partial charge is 0.0972 e. The fraction of sp³-hybridized carbons (Fsp3) is 0.182. The van der Waals surface area contributed by atoms with Crippen molar-refractivity contribution in [1.29, 1.82) is 0 Å². The van der Waals surface area contributed by atoms with Gasteiger partial charge in [-0.2, -0.15) is 0 Å². The van der Waals surface area contributed by atoms with Crippen LogP contribution < -0.4 is 0 Å². The van der Waals surface area contributed by atoms with Crippen LogP contribution in [0.5, 0.6) is 0 Å². The zero-order valence-corrected chi connectivity index (χ0v) is 8.50. The molecular weight excluding hydrogens is 194 g/mol. The van der Waals surface area contributed by atoms with Gasteiger partial charge in [0, 0.05) is 12.6 Å². The van der Waals surface area contributed by atoms with Crippen LogP contribution in [0.25, 0.3) is 0 Å². The second kappa shape index (κ2) is 4.35. The molecule has 0 aliphatic rings. The molecule has 0 saturated heterocycles. The second-order valence-electron chi connectivity index (χ2n) is 3.04. The summed E-state index contributed by atoms with van der Waals surface area (Å²) in [6, 6.07) is 10.2. The number of aliphatic hydroxyl groups is 1. The lowest BCUT2D eigenvalue weighted by molar-refractivity contribution is 0.285. The summed E-state index contributed by atoms with van der Waals surface area (Å²) in [6.07, 6.45) is 2.59. The van der Waals surface area contributed by atoms with Crippen molar-refractivity contribution in [2.45, 2.75) is 13.0 Å². The van der Waals surface area contributed by atoms with Crippen LogP contribution in [0.4, 0.5) is 0 Å². The van der Waals surface area contributed by atoms with E-state index in [1.807, 2.05) is 18.2 Å². The van der Waals surface area contributed by atoms with E-state index in [1.54, 1.807) is 17.5 Å². The number of benzene rings is 1. The largest absolute Gasteiger partial charge is 0.391 e. The summed E-state index contributed by atoms with van der Waals surface area (Å²) >= 11 is 1.57. The molecule has 0 aliphatic carbocycles. The monoisotopic (exact) mass is 205 g/mol. The van der Waals surface area contributed by atoms with Gasteiger partial charge in [-0.05, 0) is 5.56 Å².